The first kappa shape index (κ1) is 13.2. The molecule has 1 unspecified atom stereocenters. The maximum absolute atomic E-state index is 12.7. The molecule has 4 heteroatoms. The monoisotopic (exact) mass is 291 g/mol. The number of aryl methyl sites for hydroxylation is 1. The van der Waals surface area contributed by atoms with E-state index in [2.05, 4.69) is 11.9 Å². The maximum Gasteiger partial charge on any atom is 0.261 e. The summed E-state index contributed by atoms with van der Waals surface area (Å²) in [7, 11) is 0. The largest absolute Gasteiger partial charge is 0.293 e. The second kappa shape index (κ2) is 5.05. The summed E-state index contributed by atoms with van der Waals surface area (Å²) >= 11 is 0. The van der Waals surface area contributed by atoms with Crippen molar-refractivity contribution in [3.8, 4) is 11.3 Å². The van der Waals surface area contributed by atoms with Crippen LogP contribution in [0, 0.1) is 0 Å². The summed E-state index contributed by atoms with van der Waals surface area (Å²) in [5.74, 6) is 0.912. The average Bonchev–Trinajstić information content (AvgIpc) is 2.55. The number of nitrogens with zero attached hydrogens (tertiary/aromatic N) is 3. The van der Waals surface area contributed by atoms with Gasteiger partial charge in [-0.25, -0.2) is 4.98 Å². The summed E-state index contributed by atoms with van der Waals surface area (Å²) in [4.78, 5) is 21.9. The SMILES string of the molecule is CC1CCCc2nc3cc(-c4ccccn4)ccc3c(=O)n21. The molecule has 0 amide bonds. The predicted molar refractivity (Wildman–Crippen MR) is 86.9 cm³/mol. The van der Waals surface area contributed by atoms with Crippen molar-refractivity contribution < 1.29 is 0 Å². The molecule has 3 aromatic rings. The molecule has 0 saturated heterocycles. The minimum Gasteiger partial charge on any atom is -0.293 e. The van der Waals surface area contributed by atoms with Crippen molar-refractivity contribution in [2.45, 2.75) is 32.2 Å². The van der Waals surface area contributed by atoms with Crippen LogP contribution in [-0.4, -0.2) is 14.5 Å². The zero-order valence-corrected chi connectivity index (χ0v) is 12.5. The Labute approximate surface area is 128 Å². The van der Waals surface area contributed by atoms with Gasteiger partial charge in [0.25, 0.3) is 5.56 Å². The van der Waals surface area contributed by atoms with Crippen LogP contribution in [0.4, 0.5) is 0 Å². The number of hydrogen-bond acceptors (Lipinski definition) is 3. The molecule has 0 bridgehead atoms. The van der Waals surface area contributed by atoms with Crippen LogP contribution in [0.1, 0.15) is 31.6 Å². The van der Waals surface area contributed by atoms with Crippen LogP contribution in [0.2, 0.25) is 0 Å². The summed E-state index contributed by atoms with van der Waals surface area (Å²) in [6.07, 6.45) is 4.80. The second-order valence-electron chi connectivity index (χ2n) is 5.89. The van der Waals surface area contributed by atoms with Crippen LogP contribution in [0.5, 0.6) is 0 Å². The van der Waals surface area contributed by atoms with E-state index in [1.807, 2.05) is 41.0 Å². The van der Waals surface area contributed by atoms with Crippen molar-refractivity contribution in [1.82, 2.24) is 14.5 Å². The Balaban J connectivity index is 1.95. The Kier molecular flexibility index (Phi) is 3.03. The fourth-order valence-electron chi connectivity index (χ4n) is 3.25. The van der Waals surface area contributed by atoms with Crippen molar-refractivity contribution in [2.75, 3.05) is 0 Å². The van der Waals surface area contributed by atoms with Crippen LogP contribution in [-0.2, 0) is 6.42 Å². The smallest absolute Gasteiger partial charge is 0.261 e. The van der Waals surface area contributed by atoms with Crippen LogP contribution < -0.4 is 5.56 Å². The number of hydrogen-bond donors (Lipinski definition) is 0. The van der Waals surface area contributed by atoms with Gasteiger partial charge in [0.2, 0.25) is 0 Å². The summed E-state index contributed by atoms with van der Waals surface area (Å²) < 4.78 is 1.87. The molecule has 1 aliphatic rings. The molecule has 1 atom stereocenters. The molecular formula is C18H17N3O. The fourth-order valence-corrected chi connectivity index (χ4v) is 3.25. The first-order valence-corrected chi connectivity index (χ1v) is 7.70. The Morgan fingerprint density at radius 1 is 1.23 bits per heavy atom. The number of benzene rings is 1. The van der Waals surface area contributed by atoms with E-state index in [-0.39, 0.29) is 11.6 Å². The quantitative estimate of drug-likeness (QED) is 0.690. The van der Waals surface area contributed by atoms with Gasteiger partial charge in [-0.15, -0.1) is 0 Å². The first-order valence-electron chi connectivity index (χ1n) is 7.70. The van der Waals surface area contributed by atoms with E-state index < -0.39 is 0 Å². The molecule has 0 radical (unpaired) electrons. The summed E-state index contributed by atoms with van der Waals surface area (Å²) in [6.45, 7) is 2.10. The lowest BCUT2D eigenvalue weighted by molar-refractivity contribution is 0.409. The Morgan fingerprint density at radius 2 is 2.14 bits per heavy atom. The molecule has 22 heavy (non-hydrogen) atoms. The highest BCUT2D eigenvalue weighted by Crippen LogP contribution is 2.25. The highest BCUT2D eigenvalue weighted by molar-refractivity contribution is 5.83. The number of aromatic nitrogens is 3. The van der Waals surface area contributed by atoms with E-state index in [1.54, 1.807) is 6.20 Å². The second-order valence-corrected chi connectivity index (χ2v) is 5.89. The molecule has 0 N–H and O–H groups in total. The van der Waals surface area contributed by atoms with Gasteiger partial charge in [-0.2, -0.15) is 0 Å². The predicted octanol–water partition coefficient (Wildman–Crippen LogP) is 3.36. The molecule has 1 aromatic carbocycles. The maximum atomic E-state index is 12.7. The minimum atomic E-state index is 0.0831. The molecule has 4 nitrogen and oxygen atoms in total. The molecule has 2 aromatic heterocycles. The summed E-state index contributed by atoms with van der Waals surface area (Å²) in [5, 5.41) is 0.692. The highest BCUT2D eigenvalue weighted by atomic mass is 16.1. The van der Waals surface area contributed by atoms with Crippen molar-refractivity contribution in [3.63, 3.8) is 0 Å². The summed E-state index contributed by atoms with van der Waals surface area (Å²) in [6, 6.07) is 11.9. The average molecular weight is 291 g/mol. The van der Waals surface area contributed by atoms with E-state index >= 15 is 0 Å². The third kappa shape index (κ3) is 2.03. The zero-order chi connectivity index (χ0) is 15.1. The molecule has 4 rings (SSSR count). The highest BCUT2D eigenvalue weighted by Gasteiger charge is 2.20. The lowest BCUT2D eigenvalue weighted by Gasteiger charge is -2.24. The van der Waals surface area contributed by atoms with Gasteiger partial charge in [0.05, 0.1) is 16.6 Å². The van der Waals surface area contributed by atoms with Gasteiger partial charge in [-0.1, -0.05) is 12.1 Å². The number of pyridine rings is 1. The van der Waals surface area contributed by atoms with E-state index in [0.29, 0.717) is 5.39 Å². The first-order chi connectivity index (χ1) is 10.7. The third-order valence-electron chi connectivity index (χ3n) is 4.40. The molecule has 3 heterocycles. The van der Waals surface area contributed by atoms with E-state index in [9.17, 15) is 4.79 Å². The number of fused-ring (bicyclic) bond motifs is 2. The van der Waals surface area contributed by atoms with Crippen molar-refractivity contribution in [2.24, 2.45) is 0 Å². The third-order valence-corrected chi connectivity index (χ3v) is 4.40. The minimum absolute atomic E-state index is 0.0831. The molecule has 0 saturated carbocycles. The van der Waals surface area contributed by atoms with Crippen molar-refractivity contribution in [3.05, 3.63) is 58.8 Å². The van der Waals surface area contributed by atoms with Gasteiger partial charge in [0.1, 0.15) is 5.82 Å². The van der Waals surface area contributed by atoms with Crippen LogP contribution in [0.25, 0.3) is 22.2 Å². The molecule has 1 aliphatic heterocycles. The molecular weight excluding hydrogens is 274 g/mol. The lowest BCUT2D eigenvalue weighted by Crippen LogP contribution is -2.31. The fraction of sp³-hybridized carbons (Fsp3) is 0.278. The lowest BCUT2D eigenvalue weighted by atomic mass is 10.0. The van der Waals surface area contributed by atoms with Gasteiger partial charge in [0, 0.05) is 24.2 Å². The van der Waals surface area contributed by atoms with Gasteiger partial charge in [-0.3, -0.25) is 14.3 Å². The van der Waals surface area contributed by atoms with E-state index in [4.69, 9.17) is 4.98 Å². The normalized spacial score (nSPS) is 17.4. The van der Waals surface area contributed by atoms with Gasteiger partial charge >= 0.3 is 0 Å². The molecule has 0 aliphatic carbocycles. The summed E-state index contributed by atoms with van der Waals surface area (Å²) in [5.41, 5.74) is 2.75. The van der Waals surface area contributed by atoms with Crippen LogP contribution in [0.3, 0.4) is 0 Å². The van der Waals surface area contributed by atoms with Crippen molar-refractivity contribution >= 4 is 10.9 Å². The molecule has 0 fully saturated rings. The van der Waals surface area contributed by atoms with E-state index in [0.717, 1.165) is 41.9 Å². The van der Waals surface area contributed by atoms with Gasteiger partial charge in [0.15, 0.2) is 0 Å². The van der Waals surface area contributed by atoms with Crippen LogP contribution >= 0.6 is 0 Å². The van der Waals surface area contributed by atoms with Crippen LogP contribution in [0.15, 0.2) is 47.4 Å². The molecule has 0 spiro atoms. The van der Waals surface area contributed by atoms with Gasteiger partial charge < -0.3 is 0 Å². The Bertz CT molecular complexity index is 899. The topological polar surface area (TPSA) is 47.8 Å². The Hall–Kier alpha value is -2.49. The Morgan fingerprint density at radius 3 is 2.95 bits per heavy atom. The number of rotatable bonds is 1. The van der Waals surface area contributed by atoms with Gasteiger partial charge in [-0.05, 0) is 44.0 Å². The van der Waals surface area contributed by atoms with E-state index in [1.165, 1.54) is 0 Å². The standard InChI is InChI=1S/C18H17N3O/c1-12-5-4-7-17-20-16-11-13(15-6-2-3-10-19-15)8-9-14(16)18(22)21(12)17/h2-3,6,8-12H,4-5,7H2,1H3. The molecule has 110 valence electrons. The van der Waals surface area contributed by atoms with Crippen molar-refractivity contribution in [1.29, 1.82) is 0 Å². The zero-order valence-electron chi connectivity index (χ0n) is 12.5.